The van der Waals surface area contributed by atoms with Gasteiger partial charge in [0.2, 0.25) is 0 Å². The summed E-state index contributed by atoms with van der Waals surface area (Å²) < 4.78 is 40.2. The lowest BCUT2D eigenvalue weighted by Gasteiger charge is -2.07. The van der Waals surface area contributed by atoms with Crippen molar-refractivity contribution in [1.29, 1.82) is 0 Å². The molecule has 0 unspecified atom stereocenters. The lowest BCUT2D eigenvalue weighted by molar-refractivity contribution is 0.766. The van der Waals surface area contributed by atoms with Crippen LogP contribution in [-0.4, -0.2) is 20.0 Å². The summed E-state index contributed by atoms with van der Waals surface area (Å²) in [5.41, 5.74) is 7.07. The summed E-state index contributed by atoms with van der Waals surface area (Å²) in [6.07, 6.45) is 3.76. The number of hydrogen-bond donors (Lipinski definition) is 0. The van der Waals surface area contributed by atoms with E-state index in [-0.39, 0.29) is 29.7 Å². The lowest BCUT2D eigenvalue weighted by Crippen LogP contribution is -1.98. The van der Waals surface area contributed by atoms with E-state index < -0.39 is 6.04 Å². The summed E-state index contributed by atoms with van der Waals surface area (Å²) in [5.74, 6) is 0. The Hall–Kier alpha value is -5.09. The molecule has 0 N–H and O–H groups in total. The van der Waals surface area contributed by atoms with Crippen molar-refractivity contribution in [2.45, 2.75) is 0 Å². The summed E-state index contributed by atoms with van der Waals surface area (Å²) in [5, 5.41) is 11.6. The fourth-order valence-electron chi connectivity index (χ4n) is 4.55. The Morgan fingerprint density at radius 2 is 1.24 bits per heavy atom. The third-order valence-electron chi connectivity index (χ3n) is 6.46. The van der Waals surface area contributed by atoms with Crippen LogP contribution in [0.1, 0.15) is 6.85 Å². The lowest BCUT2D eigenvalue weighted by atomic mass is 10.0. The van der Waals surface area contributed by atoms with E-state index in [1.54, 1.807) is 16.9 Å². The fourth-order valence-corrected chi connectivity index (χ4v) is 4.55. The molecule has 7 aromatic rings. The Balaban J connectivity index is 1.18. The first-order valence-electron chi connectivity index (χ1n) is 14.4. The monoisotopic (exact) mass is 479 g/mol. The van der Waals surface area contributed by atoms with Crippen LogP contribution in [-0.2, 0) is 0 Å². The molecule has 0 spiro atoms. The van der Waals surface area contributed by atoms with Gasteiger partial charge in [-0.1, -0.05) is 96.9 Å². The van der Waals surface area contributed by atoms with Crippen molar-refractivity contribution in [1.82, 2.24) is 20.0 Å². The van der Waals surface area contributed by atoms with Crippen LogP contribution in [0.4, 0.5) is 0 Å². The number of benzene rings is 5. The highest BCUT2D eigenvalue weighted by molar-refractivity contribution is 5.95. The summed E-state index contributed by atoms with van der Waals surface area (Å²) in [7, 11) is 0. The normalized spacial score (nSPS) is 13.1. The zero-order chi connectivity index (χ0) is 29.0. The van der Waals surface area contributed by atoms with E-state index in [0.717, 1.165) is 49.7 Å². The molecular formula is C33H22N4. The van der Waals surface area contributed by atoms with Crippen molar-refractivity contribution in [2.24, 2.45) is 0 Å². The largest absolute Gasteiger partial charge is 0.263 e. The number of pyridine rings is 1. The SMILES string of the molecule is [2H]c1c([2H])c([2H])c(-c2ccc(-c3ccc4nn(-c5ccc(-c6cncc7ccccc67)cc5)nc4c3)cc2)c([2H])c1[2H]. The molecule has 0 aliphatic heterocycles. The second kappa shape index (κ2) is 8.85. The van der Waals surface area contributed by atoms with E-state index in [4.69, 9.17) is 12.0 Å². The molecule has 0 radical (unpaired) electrons. The van der Waals surface area contributed by atoms with Gasteiger partial charge in [0.15, 0.2) is 0 Å². The van der Waals surface area contributed by atoms with Crippen LogP contribution >= 0.6 is 0 Å². The highest BCUT2D eigenvalue weighted by atomic mass is 15.5. The standard InChI is InChI=1S/C33H22N4/c1-2-6-23(7-3-1)24-10-12-25(13-11-24)27-16-19-32-33(20-27)36-37(35-32)29-17-14-26(15-18-29)31-22-34-21-28-8-4-5-9-30(28)31/h1-22H/i1D,2D,3D,6D,7D. The number of hydrogen-bond acceptors (Lipinski definition) is 3. The molecule has 0 bridgehead atoms. The quantitative estimate of drug-likeness (QED) is 0.257. The van der Waals surface area contributed by atoms with Crippen molar-refractivity contribution in [3.05, 3.63) is 134 Å². The molecule has 174 valence electrons. The molecular weight excluding hydrogens is 452 g/mol. The van der Waals surface area contributed by atoms with Crippen molar-refractivity contribution in [3.63, 3.8) is 0 Å². The Kier molecular flexibility index (Phi) is 3.96. The number of fused-ring (bicyclic) bond motifs is 2. The molecule has 0 saturated carbocycles. The van der Waals surface area contributed by atoms with Gasteiger partial charge in [-0.15, -0.1) is 10.2 Å². The maximum absolute atomic E-state index is 8.25. The zero-order valence-electron chi connectivity index (χ0n) is 24.6. The molecule has 4 nitrogen and oxygen atoms in total. The van der Waals surface area contributed by atoms with E-state index in [1.807, 2.05) is 67.0 Å². The van der Waals surface area contributed by atoms with Crippen LogP contribution in [0.5, 0.6) is 0 Å². The van der Waals surface area contributed by atoms with E-state index >= 15 is 0 Å². The highest BCUT2D eigenvalue weighted by Crippen LogP contribution is 2.29. The van der Waals surface area contributed by atoms with Crippen LogP contribution in [0.3, 0.4) is 0 Å². The third-order valence-corrected chi connectivity index (χ3v) is 6.46. The van der Waals surface area contributed by atoms with Crippen LogP contribution in [0.2, 0.25) is 0 Å². The van der Waals surface area contributed by atoms with Crippen molar-refractivity contribution in [2.75, 3.05) is 0 Å². The first kappa shape index (κ1) is 16.6. The second-order valence-corrected chi connectivity index (χ2v) is 8.73. The van der Waals surface area contributed by atoms with Gasteiger partial charge in [-0.2, -0.15) is 4.80 Å². The van der Waals surface area contributed by atoms with E-state index in [2.05, 4.69) is 34.3 Å². The minimum absolute atomic E-state index is 0.189. The van der Waals surface area contributed by atoms with Crippen LogP contribution < -0.4 is 0 Å². The summed E-state index contributed by atoms with van der Waals surface area (Å²) in [6, 6.07) is 27.9. The molecule has 7 rings (SSSR count). The van der Waals surface area contributed by atoms with E-state index in [0.29, 0.717) is 5.56 Å². The van der Waals surface area contributed by atoms with E-state index in [1.165, 1.54) is 0 Å². The Morgan fingerprint density at radius 1 is 0.568 bits per heavy atom. The van der Waals surface area contributed by atoms with Gasteiger partial charge in [0.05, 0.1) is 12.5 Å². The fraction of sp³-hybridized carbons (Fsp3) is 0. The average molecular weight is 480 g/mol. The minimum Gasteiger partial charge on any atom is -0.263 e. The smallest absolute Gasteiger partial charge is 0.114 e. The minimum atomic E-state index is -0.398. The predicted octanol–water partition coefficient (Wildman–Crippen LogP) is 7.97. The molecule has 5 aromatic carbocycles. The molecule has 0 amide bonds. The summed E-state index contributed by atoms with van der Waals surface area (Å²) in [6.45, 7) is 0. The number of rotatable bonds is 4. The molecule has 37 heavy (non-hydrogen) atoms. The topological polar surface area (TPSA) is 43.6 Å². The molecule has 0 saturated heterocycles. The maximum Gasteiger partial charge on any atom is 0.114 e. The van der Waals surface area contributed by atoms with Gasteiger partial charge in [-0.3, -0.25) is 4.98 Å². The average Bonchev–Trinajstić information content (AvgIpc) is 3.47. The highest BCUT2D eigenvalue weighted by Gasteiger charge is 2.09. The number of nitrogens with zero attached hydrogens (tertiary/aromatic N) is 4. The second-order valence-electron chi connectivity index (χ2n) is 8.73. The van der Waals surface area contributed by atoms with Gasteiger partial charge in [0.25, 0.3) is 0 Å². The predicted molar refractivity (Wildman–Crippen MR) is 150 cm³/mol. The first-order chi connectivity index (χ1) is 20.4. The van der Waals surface area contributed by atoms with Crippen LogP contribution in [0, 0.1) is 0 Å². The molecule has 0 atom stereocenters. The molecule has 2 aromatic heterocycles. The van der Waals surface area contributed by atoms with Gasteiger partial charge < -0.3 is 0 Å². The third kappa shape index (κ3) is 3.95. The van der Waals surface area contributed by atoms with Gasteiger partial charge in [-0.05, 0) is 57.5 Å². The van der Waals surface area contributed by atoms with Crippen molar-refractivity contribution < 1.29 is 6.85 Å². The Morgan fingerprint density at radius 3 is 2.05 bits per heavy atom. The summed E-state index contributed by atoms with van der Waals surface area (Å²) >= 11 is 0. The van der Waals surface area contributed by atoms with Gasteiger partial charge in [0.1, 0.15) is 11.0 Å². The van der Waals surface area contributed by atoms with Crippen molar-refractivity contribution in [3.8, 4) is 39.1 Å². The Labute approximate surface area is 221 Å². The van der Waals surface area contributed by atoms with Gasteiger partial charge >= 0.3 is 0 Å². The van der Waals surface area contributed by atoms with Gasteiger partial charge in [0, 0.05) is 23.3 Å². The number of aromatic nitrogens is 4. The molecule has 0 aliphatic carbocycles. The maximum atomic E-state index is 8.25. The molecule has 0 fully saturated rings. The molecule has 4 heteroatoms. The molecule has 0 aliphatic rings. The summed E-state index contributed by atoms with van der Waals surface area (Å²) in [4.78, 5) is 6.03. The van der Waals surface area contributed by atoms with Crippen molar-refractivity contribution >= 4 is 21.8 Å². The van der Waals surface area contributed by atoms with Crippen LogP contribution in [0.25, 0.3) is 60.9 Å². The van der Waals surface area contributed by atoms with Gasteiger partial charge in [-0.25, -0.2) is 0 Å². The Bertz CT molecular complexity index is 2100. The molecule has 2 heterocycles. The van der Waals surface area contributed by atoms with Crippen LogP contribution in [0.15, 0.2) is 134 Å². The zero-order valence-corrected chi connectivity index (χ0v) is 19.6. The first-order valence-corrected chi connectivity index (χ1v) is 11.9. The van der Waals surface area contributed by atoms with E-state index in [9.17, 15) is 0 Å².